The number of hydrogen-bond acceptors (Lipinski definition) is 9. The molecule has 1 aliphatic carbocycles. The van der Waals surface area contributed by atoms with E-state index in [1.165, 1.54) is 21.6 Å². The lowest BCUT2D eigenvalue weighted by atomic mass is 9.81. The fourth-order valence-corrected chi connectivity index (χ4v) is 8.42. The van der Waals surface area contributed by atoms with Crippen LogP contribution in [0.4, 0.5) is 4.79 Å². The van der Waals surface area contributed by atoms with Crippen LogP contribution in [0.2, 0.25) is 0 Å². The molecule has 44 heavy (non-hydrogen) atoms. The first-order chi connectivity index (χ1) is 20.8. The second kappa shape index (κ2) is 14.3. The largest absolute Gasteiger partial charge is 0.508 e. The van der Waals surface area contributed by atoms with Gasteiger partial charge in [-0.2, -0.15) is 0 Å². The standard InChI is InChI=1S/C30H42N4O8S2/c1-29(2,3)27(39)34-15-10-20(18-6-8-19(35)9-7-18)23(34)25(37)32-21-16-43-44-17-22(42-28(40)41)33-26(38)30(11-4-5-12-30)13-14-31-24(21)36/h6-9,20-23,35H,4-5,10-17H2,1-3H3,(H,31,36)(H,32,37)(H,33,38)(H,40,41)/t20-,21+,22-,23+/m1/s1. The number of aromatic hydroxyl groups is 1. The van der Waals surface area contributed by atoms with Crippen molar-refractivity contribution in [2.75, 3.05) is 24.6 Å². The number of phenolic OH excluding ortho intramolecular Hbond substituents is 1. The maximum Gasteiger partial charge on any atom is 0.507 e. The van der Waals surface area contributed by atoms with Gasteiger partial charge in [0.05, 0.1) is 11.2 Å². The van der Waals surface area contributed by atoms with Crippen molar-refractivity contribution in [3.8, 4) is 5.75 Å². The smallest absolute Gasteiger partial charge is 0.507 e. The van der Waals surface area contributed by atoms with Gasteiger partial charge in [-0.1, -0.05) is 67.3 Å². The summed E-state index contributed by atoms with van der Waals surface area (Å²) in [6, 6.07) is 4.77. The van der Waals surface area contributed by atoms with Gasteiger partial charge in [0, 0.05) is 30.2 Å². The third-order valence-electron chi connectivity index (χ3n) is 8.54. The van der Waals surface area contributed by atoms with Crippen LogP contribution >= 0.6 is 21.6 Å². The van der Waals surface area contributed by atoms with Gasteiger partial charge in [-0.25, -0.2) is 4.79 Å². The molecule has 4 rings (SSSR count). The van der Waals surface area contributed by atoms with Crippen molar-refractivity contribution in [1.82, 2.24) is 20.9 Å². The summed E-state index contributed by atoms with van der Waals surface area (Å²) in [6.45, 7) is 5.97. The van der Waals surface area contributed by atoms with Crippen LogP contribution < -0.4 is 16.0 Å². The fourth-order valence-electron chi connectivity index (χ4n) is 6.23. The normalized spacial score (nSPS) is 26.5. The number of ether oxygens (including phenoxy) is 1. The molecule has 2 saturated heterocycles. The molecule has 4 atom stereocenters. The van der Waals surface area contributed by atoms with Gasteiger partial charge in [0.2, 0.25) is 23.6 Å². The molecular weight excluding hydrogens is 608 g/mol. The summed E-state index contributed by atoms with van der Waals surface area (Å²) in [5.41, 5.74) is -0.666. The summed E-state index contributed by atoms with van der Waals surface area (Å²) < 4.78 is 4.95. The predicted octanol–water partition coefficient (Wildman–Crippen LogP) is 3.21. The Morgan fingerprint density at radius 2 is 1.70 bits per heavy atom. The van der Waals surface area contributed by atoms with Crippen LogP contribution in [0.3, 0.4) is 0 Å². The number of benzene rings is 1. The number of rotatable bonds is 4. The Morgan fingerprint density at radius 1 is 1.05 bits per heavy atom. The van der Waals surface area contributed by atoms with Crippen LogP contribution in [-0.4, -0.2) is 87.8 Å². The minimum Gasteiger partial charge on any atom is -0.508 e. The first-order valence-corrected chi connectivity index (χ1v) is 17.4. The Kier molecular flexibility index (Phi) is 11.0. The molecule has 3 aliphatic rings. The van der Waals surface area contributed by atoms with Crippen LogP contribution in [0.1, 0.15) is 70.8 Å². The number of nitrogens with one attached hydrogen (secondary N) is 3. The molecule has 1 spiro atoms. The van der Waals surface area contributed by atoms with Crippen LogP contribution in [0.15, 0.2) is 24.3 Å². The minimum absolute atomic E-state index is 0.0952. The highest BCUT2D eigenvalue weighted by Crippen LogP contribution is 2.42. The third-order valence-corrected chi connectivity index (χ3v) is 10.9. The molecule has 1 saturated carbocycles. The van der Waals surface area contributed by atoms with E-state index in [2.05, 4.69) is 16.0 Å². The van der Waals surface area contributed by atoms with Crippen molar-refractivity contribution in [3.63, 3.8) is 0 Å². The number of carbonyl (C=O) groups is 5. The van der Waals surface area contributed by atoms with E-state index in [-0.39, 0.29) is 41.5 Å². The Morgan fingerprint density at radius 3 is 2.34 bits per heavy atom. The molecule has 4 amide bonds. The zero-order valence-corrected chi connectivity index (χ0v) is 26.9. The molecule has 0 radical (unpaired) electrons. The molecule has 3 fully saturated rings. The van der Waals surface area contributed by atoms with Crippen LogP contribution in [-0.2, 0) is 23.9 Å². The predicted molar refractivity (Wildman–Crippen MR) is 167 cm³/mol. The van der Waals surface area contributed by atoms with Crippen molar-refractivity contribution in [2.45, 2.75) is 83.5 Å². The summed E-state index contributed by atoms with van der Waals surface area (Å²) in [4.78, 5) is 67.1. The molecule has 0 bridgehead atoms. The zero-order valence-electron chi connectivity index (χ0n) is 25.3. The SMILES string of the molecule is CC(C)(C)C(=O)N1CC[C@H](c2ccc(O)cc2)[C@H]1C(=O)N[C@H]1CSSC[C@@H](OC(=O)O)NC(=O)C2(CCCC2)CCNC1=O. The van der Waals surface area contributed by atoms with E-state index in [0.29, 0.717) is 32.2 Å². The summed E-state index contributed by atoms with van der Waals surface area (Å²) >= 11 is 0. The van der Waals surface area contributed by atoms with Gasteiger partial charge in [0.15, 0.2) is 6.23 Å². The highest BCUT2D eigenvalue weighted by Gasteiger charge is 2.46. The number of phenols is 1. The van der Waals surface area contributed by atoms with E-state index in [4.69, 9.17) is 4.74 Å². The van der Waals surface area contributed by atoms with Crippen molar-refractivity contribution in [1.29, 1.82) is 0 Å². The molecule has 1 aromatic rings. The summed E-state index contributed by atoms with van der Waals surface area (Å²) in [5, 5.41) is 27.6. The van der Waals surface area contributed by atoms with E-state index in [1.54, 1.807) is 49.9 Å². The Balaban J connectivity index is 1.55. The zero-order chi connectivity index (χ0) is 32.1. The Bertz CT molecular complexity index is 1230. The van der Waals surface area contributed by atoms with Crippen molar-refractivity contribution in [2.24, 2.45) is 10.8 Å². The molecule has 14 heteroatoms. The second-order valence-corrected chi connectivity index (χ2v) is 15.2. The van der Waals surface area contributed by atoms with E-state index < -0.39 is 47.1 Å². The van der Waals surface area contributed by atoms with Gasteiger partial charge in [0.25, 0.3) is 0 Å². The van der Waals surface area contributed by atoms with Crippen molar-refractivity contribution in [3.05, 3.63) is 29.8 Å². The van der Waals surface area contributed by atoms with Crippen LogP contribution in [0, 0.1) is 10.8 Å². The minimum atomic E-state index is -1.50. The quantitative estimate of drug-likeness (QED) is 0.241. The maximum absolute atomic E-state index is 14.0. The van der Waals surface area contributed by atoms with Gasteiger partial charge < -0.3 is 35.8 Å². The number of nitrogens with zero attached hydrogens (tertiary/aromatic N) is 1. The molecule has 2 aliphatic heterocycles. The van der Waals surface area contributed by atoms with Gasteiger partial charge >= 0.3 is 6.16 Å². The summed E-state index contributed by atoms with van der Waals surface area (Å²) in [7, 11) is 2.47. The van der Waals surface area contributed by atoms with Crippen LogP contribution in [0.25, 0.3) is 0 Å². The summed E-state index contributed by atoms with van der Waals surface area (Å²) in [5.74, 6) is -1.28. The Hall–Kier alpha value is -3.13. The van der Waals surface area contributed by atoms with Gasteiger partial charge in [-0.05, 0) is 43.4 Å². The average molecular weight is 651 g/mol. The van der Waals surface area contributed by atoms with E-state index >= 15 is 0 Å². The lowest BCUT2D eigenvalue weighted by Crippen LogP contribution is -2.56. The van der Waals surface area contributed by atoms with E-state index in [0.717, 1.165) is 18.4 Å². The molecular formula is C30H42N4O8S2. The second-order valence-electron chi connectivity index (χ2n) is 12.7. The van der Waals surface area contributed by atoms with E-state index in [1.807, 2.05) is 0 Å². The van der Waals surface area contributed by atoms with Crippen LogP contribution in [0.5, 0.6) is 5.75 Å². The first-order valence-electron chi connectivity index (χ1n) is 14.9. The lowest BCUT2D eigenvalue weighted by molar-refractivity contribution is -0.145. The molecule has 0 aromatic heterocycles. The number of likely N-dealkylation sites (tertiary alicyclic amines) is 1. The first kappa shape index (κ1) is 33.8. The maximum atomic E-state index is 14.0. The molecule has 12 nitrogen and oxygen atoms in total. The molecule has 2 heterocycles. The van der Waals surface area contributed by atoms with Gasteiger partial charge in [-0.3, -0.25) is 19.2 Å². The average Bonchev–Trinajstić information content (AvgIpc) is 3.62. The molecule has 5 N–H and O–H groups in total. The monoisotopic (exact) mass is 650 g/mol. The Labute approximate surface area is 265 Å². The number of carbonyl (C=O) groups excluding carboxylic acids is 4. The number of hydrogen-bond donors (Lipinski definition) is 5. The number of carboxylic acid groups (broad SMARTS) is 1. The van der Waals surface area contributed by atoms with Crippen molar-refractivity contribution < 1.29 is 38.9 Å². The highest BCUT2D eigenvalue weighted by molar-refractivity contribution is 8.76. The number of amides is 4. The van der Waals surface area contributed by atoms with Gasteiger partial charge in [0.1, 0.15) is 17.8 Å². The highest BCUT2D eigenvalue weighted by atomic mass is 33.1. The lowest BCUT2D eigenvalue weighted by Gasteiger charge is -2.33. The third kappa shape index (κ3) is 8.12. The molecule has 242 valence electrons. The van der Waals surface area contributed by atoms with E-state index in [9.17, 15) is 34.2 Å². The summed E-state index contributed by atoms with van der Waals surface area (Å²) in [6.07, 6.45) is 1.29. The van der Waals surface area contributed by atoms with Gasteiger partial charge in [-0.15, -0.1) is 0 Å². The fraction of sp³-hybridized carbons (Fsp3) is 0.633. The van der Waals surface area contributed by atoms with Crippen molar-refractivity contribution >= 4 is 51.4 Å². The molecule has 0 unspecified atom stereocenters. The molecule has 1 aromatic carbocycles. The topological polar surface area (TPSA) is 174 Å².